The molecule has 8 nitrogen and oxygen atoms in total. The molecule has 0 heterocycles. The Balaban J connectivity index is 1.39. The van der Waals surface area contributed by atoms with E-state index in [9.17, 15) is 19.2 Å². The van der Waals surface area contributed by atoms with Crippen LogP contribution in [0, 0.1) is 31.6 Å². The largest absolute Gasteiger partial charge is 0.467 e. The molecule has 0 bridgehead atoms. The maximum absolute atomic E-state index is 12.3. The van der Waals surface area contributed by atoms with E-state index in [0.29, 0.717) is 5.56 Å². The monoisotopic (exact) mass is 474 g/mol. The van der Waals surface area contributed by atoms with Crippen molar-refractivity contribution in [1.82, 2.24) is 16.0 Å². The molecule has 2 aromatic rings. The Kier molecular flexibility index (Phi) is 9.83. The molecule has 1 atom stereocenters. The summed E-state index contributed by atoms with van der Waals surface area (Å²) in [7, 11) is 1.24. The van der Waals surface area contributed by atoms with Crippen molar-refractivity contribution in [2.24, 2.45) is 0 Å². The summed E-state index contributed by atoms with van der Waals surface area (Å²) >= 11 is 0. The molecule has 3 amide bonds. The van der Waals surface area contributed by atoms with E-state index in [0.717, 1.165) is 17.5 Å². The zero-order chi connectivity index (χ0) is 25.0. The molecule has 181 valence electrons. The topological polar surface area (TPSA) is 114 Å². The fourth-order valence-electron chi connectivity index (χ4n) is 3.48. The SMILES string of the molecule is COC(=O)[C@@H](Cc1ccccc1)NC(=O)CNC(=O)CNC(=O)c1ccc(C[C]2[CH][CH][CH][CH]2)cc1. The zero-order valence-electron chi connectivity index (χ0n) is 19.5. The molecule has 3 N–H and O–H groups in total. The summed E-state index contributed by atoms with van der Waals surface area (Å²) in [4.78, 5) is 48.7. The van der Waals surface area contributed by atoms with Gasteiger partial charge in [-0.05, 0) is 61.3 Å². The highest BCUT2D eigenvalue weighted by molar-refractivity contribution is 5.97. The highest BCUT2D eigenvalue weighted by Crippen LogP contribution is 2.26. The van der Waals surface area contributed by atoms with Gasteiger partial charge >= 0.3 is 5.97 Å². The third-order valence-electron chi connectivity index (χ3n) is 5.32. The fraction of sp³-hybridized carbons (Fsp3) is 0.222. The molecule has 2 aromatic carbocycles. The van der Waals surface area contributed by atoms with Crippen molar-refractivity contribution in [3.8, 4) is 0 Å². The predicted octanol–water partition coefficient (Wildman–Crippen LogP) is 1.38. The van der Waals surface area contributed by atoms with Gasteiger partial charge in [0.2, 0.25) is 11.8 Å². The van der Waals surface area contributed by atoms with Crippen LogP contribution in [0.15, 0.2) is 54.6 Å². The minimum Gasteiger partial charge on any atom is -0.467 e. The van der Waals surface area contributed by atoms with Crippen LogP contribution < -0.4 is 16.0 Å². The number of benzene rings is 2. The van der Waals surface area contributed by atoms with Gasteiger partial charge in [-0.3, -0.25) is 14.4 Å². The van der Waals surface area contributed by atoms with Crippen molar-refractivity contribution in [2.45, 2.75) is 18.9 Å². The van der Waals surface area contributed by atoms with E-state index >= 15 is 0 Å². The molecular weight excluding hydrogens is 446 g/mol. The van der Waals surface area contributed by atoms with E-state index in [1.54, 1.807) is 12.1 Å². The van der Waals surface area contributed by atoms with Gasteiger partial charge in [0, 0.05) is 12.0 Å². The summed E-state index contributed by atoms with van der Waals surface area (Å²) in [5, 5.41) is 7.53. The van der Waals surface area contributed by atoms with Gasteiger partial charge in [-0.25, -0.2) is 4.79 Å². The van der Waals surface area contributed by atoms with Crippen LogP contribution in [0.2, 0.25) is 0 Å². The van der Waals surface area contributed by atoms with Crippen molar-refractivity contribution in [2.75, 3.05) is 20.2 Å². The summed E-state index contributed by atoms with van der Waals surface area (Å²) in [6.45, 7) is -0.626. The molecule has 8 heteroatoms. The van der Waals surface area contributed by atoms with Crippen LogP contribution in [0.3, 0.4) is 0 Å². The second-order valence-corrected chi connectivity index (χ2v) is 7.96. The first-order valence-corrected chi connectivity index (χ1v) is 11.2. The Labute approximate surface area is 205 Å². The molecule has 0 unspecified atom stereocenters. The lowest BCUT2D eigenvalue weighted by atomic mass is 9.97. The number of nitrogens with one attached hydrogen (secondary N) is 3. The van der Waals surface area contributed by atoms with E-state index in [1.807, 2.05) is 68.1 Å². The highest BCUT2D eigenvalue weighted by Gasteiger charge is 2.22. The van der Waals surface area contributed by atoms with Crippen LogP contribution >= 0.6 is 0 Å². The predicted molar refractivity (Wildman–Crippen MR) is 130 cm³/mol. The average molecular weight is 475 g/mol. The number of carbonyl (C=O) groups excluding carboxylic acids is 4. The van der Waals surface area contributed by atoms with Gasteiger partial charge in [0.1, 0.15) is 6.04 Å². The first-order chi connectivity index (χ1) is 16.9. The summed E-state index contributed by atoms with van der Waals surface area (Å²) in [6, 6.07) is 15.5. The maximum Gasteiger partial charge on any atom is 0.328 e. The third-order valence-corrected chi connectivity index (χ3v) is 5.32. The first-order valence-electron chi connectivity index (χ1n) is 11.2. The van der Waals surface area contributed by atoms with Crippen molar-refractivity contribution in [3.05, 3.63) is 103 Å². The summed E-state index contributed by atoms with van der Waals surface area (Å²) in [6.07, 6.45) is 9.08. The number of ether oxygens (including phenoxy) is 1. The zero-order valence-corrected chi connectivity index (χ0v) is 19.5. The molecule has 0 spiro atoms. The van der Waals surface area contributed by atoms with Crippen LogP contribution in [0.4, 0.5) is 0 Å². The second-order valence-electron chi connectivity index (χ2n) is 7.96. The molecule has 0 aliphatic heterocycles. The molecule has 1 fully saturated rings. The van der Waals surface area contributed by atoms with Gasteiger partial charge < -0.3 is 20.7 Å². The second kappa shape index (κ2) is 13.3. The maximum atomic E-state index is 12.3. The van der Waals surface area contributed by atoms with Crippen molar-refractivity contribution in [1.29, 1.82) is 0 Å². The quantitative estimate of drug-likeness (QED) is 0.426. The van der Waals surface area contributed by atoms with Crippen LogP contribution in [0.1, 0.15) is 21.5 Å². The number of methoxy groups -OCH3 is 1. The minimum absolute atomic E-state index is 0.259. The van der Waals surface area contributed by atoms with E-state index in [2.05, 4.69) is 16.0 Å². The Bertz CT molecular complexity index is 1000. The molecule has 0 aromatic heterocycles. The molecule has 0 saturated heterocycles. The summed E-state index contributed by atoms with van der Waals surface area (Å²) in [5.74, 6) is -0.851. The molecule has 5 radical (unpaired) electrons. The molecule has 1 aliphatic rings. The molecule has 1 saturated carbocycles. The third kappa shape index (κ3) is 8.55. The van der Waals surface area contributed by atoms with Crippen molar-refractivity contribution >= 4 is 23.7 Å². The molecule has 35 heavy (non-hydrogen) atoms. The molecule has 1 aliphatic carbocycles. The van der Waals surface area contributed by atoms with Crippen molar-refractivity contribution < 1.29 is 23.9 Å². The standard InChI is InChI=1S/C27H28N3O5/c1-35-27(34)23(16-20-7-3-2-4-8-20)30-25(32)18-28-24(31)17-29-26(33)22-13-11-21(12-14-22)15-19-9-5-6-10-19/h2-14,23H,15-18H2,1H3,(H,28,31)(H,29,33)(H,30,32)/t23-/m1/s1. The van der Waals surface area contributed by atoms with Crippen molar-refractivity contribution in [3.63, 3.8) is 0 Å². The van der Waals surface area contributed by atoms with Gasteiger partial charge in [0.05, 0.1) is 20.2 Å². The molecular formula is C27H28N3O5. The normalized spacial score (nSPS) is 14.1. The Hall–Kier alpha value is -3.68. The van der Waals surface area contributed by atoms with Crippen LogP contribution in [-0.2, 0) is 32.0 Å². The van der Waals surface area contributed by atoms with Gasteiger partial charge in [0.15, 0.2) is 0 Å². The van der Waals surface area contributed by atoms with Gasteiger partial charge in [-0.1, -0.05) is 42.5 Å². The lowest BCUT2D eigenvalue weighted by molar-refractivity contribution is -0.145. The van der Waals surface area contributed by atoms with Gasteiger partial charge in [0.25, 0.3) is 5.91 Å². The number of esters is 1. The van der Waals surface area contributed by atoms with Gasteiger partial charge in [-0.2, -0.15) is 0 Å². The van der Waals surface area contributed by atoms with Crippen LogP contribution in [0.25, 0.3) is 0 Å². The lowest BCUT2D eigenvalue weighted by Crippen LogP contribution is -2.48. The Morgan fingerprint density at radius 3 is 2.11 bits per heavy atom. The summed E-state index contributed by atoms with van der Waals surface area (Å²) < 4.78 is 4.76. The van der Waals surface area contributed by atoms with Gasteiger partial charge in [-0.15, -0.1) is 0 Å². The Morgan fingerprint density at radius 1 is 0.800 bits per heavy atom. The number of hydrogen-bond donors (Lipinski definition) is 3. The first kappa shape index (κ1) is 25.9. The summed E-state index contributed by atoms with van der Waals surface area (Å²) in [5.41, 5.74) is 2.37. The fourth-order valence-corrected chi connectivity index (χ4v) is 3.48. The number of hydrogen-bond acceptors (Lipinski definition) is 5. The lowest BCUT2D eigenvalue weighted by Gasteiger charge is -2.17. The molecule has 3 rings (SSSR count). The Morgan fingerprint density at radius 2 is 1.46 bits per heavy atom. The average Bonchev–Trinajstić information content (AvgIpc) is 3.39. The van der Waals surface area contributed by atoms with E-state index < -0.39 is 29.7 Å². The van der Waals surface area contributed by atoms with Crippen LogP contribution in [-0.4, -0.2) is 49.9 Å². The number of carbonyl (C=O) groups is 4. The smallest absolute Gasteiger partial charge is 0.328 e. The van der Waals surface area contributed by atoms with E-state index in [-0.39, 0.29) is 19.5 Å². The van der Waals surface area contributed by atoms with E-state index in [1.165, 1.54) is 13.0 Å². The number of rotatable bonds is 11. The highest BCUT2D eigenvalue weighted by atomic mass is 16.5. The number of amides is 3. The minimum atomic E-state index is -0.881. The van der Waals surface area contributed by atoms with Crippen LogP contribution in [0.5, 0.6) is 0 Å². The van der Waals surface area contributed by atoms with E-state index in [4.69, 9.17) is 4.74 Å².